The van der Waals surface area contributed by atoms with Gasteiger partial charge in [0.05, 0.1) is 25.4 Å². The predicted molar refractivity (Wildman–Crippen MR) is 68.7 cm³/mol. The van der Waals surface area contributed by atoms with E-state index < -0.39 is 0 Å². The van der Waals surface area contributed by atoms with Crippen molar-refractivity contribution in [3.05, 3.63) is 21.4 Å². The molecule has 1 rings (SSSR count). The van der Waals surface area contributed by atoms with E-state index in [0.717, 1.165) is 9.86 Å². The zero-order valence-electron chi connectivity index (χ0n) is 8.65. The van der Waals surface area contributed by atoms with E-state index in [0.29, 0.717) is 31.1 Å². The maximum Gasteiger partial charge on any atom is 0.154 e. The van der Waals surface area contributed by atoms with Crippen molar-refractivity contribution in [1.82, 2.24) is 4.98 Å². The van der Waals surface area contributed by atoms with Gasteiger partial charge in [0, 0.05) is 16.3 Å². The molecule has 1 aromatic heterocycles. The lowest BCUT2D eigenvalue weighted by molar-refractivity contribution is 0.0991. The van der Waals surface area contributed by atoms with E-state index in [1.807, 2.05) is 0 Å². The number of carbonyl (C=O) groups is 1. The Balaban J connectivity index is 2.47. The first-order valence-corrected chi connectivity index (χ1v) is 5.89. The van der Waals surface area contributed by atoms with Crippen molar-refractivity contribution in [2.45, 2.75) is 0 Å². The predicted octanol–water partition coefficient (Wildman–Crippen LogP) is 0.919. The number of hydrogen-bond donors (Lipinski definition) is 2. The first-order valence-electron chi connectivity index (χ1n) is 4.81. The minimum Gasteiger partial charge on any atom is -0.394 e. The molecule has 0 saturated heterocycles. The Bertz CT molecular complexity index is 347. The van der Waals surface area contributed by atoms with E-state index >= 15 is 0 Å². The van der Waals surface area contributed by atoms with Crippen molar-refractivity contribution in [2.75, 3.05) is 31.7 Å². The number of aliphatic hydroxyl groups excluding tert-OH is 1. The van der Waals surface area contributed by atoms with Gasteiger partial charge in [-0.05, 0) is 28.7 Å². The van der Waals surface area contributed by atoms with E-state index in [9.17, 15) is 4.79 Å². The van der Waals surface area contributed by atoms with Gasteiger partial charge in [-0.25, -0.2) is 4.98 Å². The van der Waals surface area contributed by atoms with Gasteiger partial charge in [0.15, 0.2) is 6.29 Å². The van der Waals surface area contributed by atoms with Crippen LogP contribution in [0.3, 0.4) is 0 Å². The minimum absolute atomic E-state index is 0.0150. The van der Waals surface area contributed by atoms with Crippen LogP contribution in [0, 0.1) is 3.57 Å². The largest absolute Gasteiger partial charge is 0.394 e. The zero-order valence-corrected chi connectivity index (χ0v) is 10.8. The van der Waals surface area contributed by atoms with Crippen LogP contribution < -0.4 is 5.32 Å². The number of aldehydes is 1. The van der Waals surface area contributed by atoms with Crippen molar-refractivity contribution in [3.63, 3.8) is 0 Å². The van der Waals surface area contributed by atoms with Gasteiger partial charge in [-0.1, -0.05) is 0 Å². The summed E-state index contributed by atoms with van der Waals surface area (Å²) in [7, 11) is 0. The summed E-state index contributed by atoms with van der Waals surface area (Å²) in [6, 6.07) is 1.78. The van der Waals surface area contributed by atoms with Crippen molar-refractivity contribution < 1.29 is 14.6 Å². The fourth-order valence-corrected chi connectivity index (χ4v) is 1.65. The Morgan fingerprint density at radius 1 is 1.56 bits per heavy atom. The average Bonchev–Trinajstić information content (AvgIpc) is 2.29. The first-order chi connectivity index (χ1) is 7.79. The SMILES string of the molecule is O=Cc1c(I)ccnc1NCCOCCO. The smallest absolute Gasteiger partial charge is 0.154 e. The molecular formula is C10H13IN2O3. The average molecular weight is 336 g/mol. The Labute approximate surface area is 107 Å². The molecule has 1 aromatic rings. The summed E-state index contributed by atoms with van der Waals surface area (Å²) in [5, 5.41) is 11.5. The van der Waals surface area contributed by atoms with Crippen LogP contribution >= 0.6 is 22.6 Å². The highest BCUT2D eigenvalue weighted by Crippen LogP contribution is 2.16. The summed E-state index contributed by atoms with van der Waals surface area (Å²) in [6.45, 7) is 1.35. The molecule has 0 atom stereocenters. The minimum atomic E-state index is 0.0150. The van der Waals surface area contributed by atoms with Gasteiger partial charge in [0.25, 0.3) is 0 Å². The number of carbonyl (C=O) groups excluding carboxylic acids is 1. The summed E-state index contributed by atoms with van der Waals surface area (Å²) in [5.74, 6) is 0.564. The van der Waals surface area contributed by atoms with Crippen LogP contribution in [-0.4, -0.2) is 42.7 Å². The molecule has 0 aliphatic heterocycles. The van der Waals surface area contributed by atoms with Crippen molar-refractivity contribution >= 4 is 34.7 Å². The quantitative estimate of drug-likeness (QED) is 0.440. The number of ether oxygens (including phenoxy) is 1. The standard InChI is InChI=1S/C10H13IN2O3/c11-9-1-2-12-10(8(9)7-15)13-3-5-16-6-4-14/h1-2,7,14H,3-6H2,(H,12,13). The van der Waals surface area contributed by atoms with Gasteiger partial charge in [-0.15, -0.1) is 0 Å². The van der Waals surface area contributed by atoms with Gasteiger partial charge < -0.3 is 15.2 Å². The third-order valence-corrected chi connectivity index (χ3v) is 2.77. The van der Waals surface area contributed by atoms with E-state index in [-0.39, 0.29) is 6.61 Å². The number of nitrogens with zero attached hydrogens (tertiary/aromatic N) is 1. The maximum atomic E-state index is 10.8. The Morgan fingerprint density at radius 2 is 2.38 bits per heavy atom. The number of rotatable bonds is 7. The monoisotopic (exact) mass is 336 g/mol. The lowest BCUT2D eigenvalue weighted by Gasteiger charge is -2.08. The zero-order chi connectivity index (χ0) is 11.8. The van der Waals surface area contributed by atoms with Crippen molar-refractivity contribution in [3.8, 4) is 0 Å². The number of halogens is 1. The summed E-state index contributed by atoms with van der Waals surface area (Å²) in [4.78, 5) is 14.9. The van der Waals surface area contributed by atoms with E-state index in [2.05, 4.69) is 32.9 Å². The second-order valence-electron chi connectivity index (χ2n) is 2.94. The lowest BCUT2D eigenvalue weighted by Crippen LogP contribution is -2.13. The number of nitrogens with one attached hydrogen (secondary N) is 1. The van der Waals surface area contributed by atoms with Crippen molar-refractivity contribution in [1.29, 1.82) is 0 Å². The molecule has 0 radical (unpaired) electrons. The van der Waals surface area contributed by atoms with Crippen LogP contribution in [0.25, 0.3) is 0 Å². The van der Waals surface area contributed by atoms with E-state index in [4.69, 9.17) is 9.84 Å². The number of aromatic nitrogens is 1. The molecule has 0 unspecified atom stereocenters. The van der Waals surface area contributed by atoms with Crippen LogP contribution in [0.4, 0.5) is 5.82 Å². The molecule has 1 heterocycles. The number of pyridine rings is 1. The van der Waals surface area contributed by atoms with Gasteiger partial charge in [-0.2, -0.15) is 0 Å². The van der Waals surface area contributed by atoms with Gasteiger partial charge in [0.1, 0.15) is 5.82 Å². The highest BCUT2D eigenvalue weighted by molar-refractivity contribution is 14.1. The lowest BCUT2D eigenvalue weighted by atomic mass is 10.3. The molecule has 88 valence electrons. The normalized spacial score (nSPS) is 10.1. The van der Waals surface area contributed by atoms with Gasteiger partial charge >= 0.3 is 0 Å². The highest BCUT2D eigenvalue weighted by atomic mass is 127. The molecule has 2 N–H and O–H groups in total. The second-order valence-corrected chi connectivity index (χ2v) is 4.10. The molecule has 5 nitrogen and oxygen atoms in total. The topological polar surface area (TPSA) is 71.5 Å². The molecule has 0 aromatic carbocycles. The van der Waals surface area contributed by atoms with Crippen LogP contribution in [0.5, 0.6) is 0 Å². The molecule has 0 saturated carbocycles. The highest BCUT2D eigenvalue weighted by Gasteiger charge is 2.05. The van der Waals surface area contributed by atoms with Crippen LogP contribution in [-0.2, 0) is 4.74 Å². The summed E-state index contributed by atoms with van der Waals surface area (Å²) in [5.41, 5.74) is 0.560. The fourth-order valence-electron chi connectivity index (χ4n) is 1.11. The summed E-state index contributed by atoms with van der Waals surface area (Å²) in [6.07, 6.45) is 2.43. The molecule has 0 fully saturated rings. The second kappa shape index (κ2) is 7.53. The molecule has 0 spiro atoms. The number of hydrogen-bond acceptors (Lipinski definition) is 5. The Morgan fingerprint density at radius 3 is 3.06 bits per heavy atom. The van der Waals surface area contributed by atoms with Crippen LogP contribution in [0.15, 0.2) is 12.3 Å². The molecule has 0 aliphatic rings. The molecule has 0 amide bonds. The summed E-state index contributed by atoms with van der Waals surface area (Å²) < 4.78 is 5.94. The maximum absolute atomic E-state index is 10.8. The first kappa shape index (κ1) is 13.3. The third-order valence-electron chi connectivity index (χ3n) is 1.83. The van der Waals surface area contributed by atoms with Crippen LogP contribution in [0.1, 0.15) is 10.4 Å². The van der Waals surface area contributed by atoms with Gasteiger partial charge in [0.2, 0.25) is 0 Å². The molecule has 16 heavy (non-hydrogen) atoms. The number of anilines is 1. The molecule has 6 heteroatoms. The van der Waals surface area contributed by atoms with Gasteiger partial charge in [-0.3, -0.25) is 4.79 Å². The third kappa shape index (κ3) is 4.03. The Hall–Kier alpha value is -0.730. The van der Waals surface area contributed by atoms with E-state index in [1.54, 1.807) is 12.3 Å². The number of aliphatic hydroxyl groups is 1. The Kier molecular flexibility index (Phi) is 6.27. The molecule has 0 aliphatic carbocycles. The molecular weight excluding hydrogens is 323 g/mol. The fraction of sp³-hybridized carbons (Fsp3) is 0.400. The molecule has 0 bridgehead atoms. The summed E-state index contributed by atoms with van der Waals surface area (Å²) >= 11 is 2.08. The van der Waals surface area contributed by atoms with E-state index in [1.165, 1.54) is 0 Å². The van der Waals surface area contributed by atoms with Crippen LogP contribution in [0.2, 0.25) is 0 Å². The van der Waals surface area contributed by atoms with Crippen molar-refractivity contribution in [2.24, 2.45) is 0 Å².